The number of rotatable bonds is 4. The molecule has 1 amide bonds. The summed E-state index contributed by atoms with van der Waals surface area (Å²) in [6.07, 6.45) is 3.61. The number of piperidine rings is 1. The minimum atomic E-state index is -0.0485. The van der Waals surface area contributed by atoms with Crippen LogP contribution in [-0.4, -0.2) is 35.6 Å². The number of anilines is 1. The van der Waals surface area contributed by atoms with Gasteiger partial charge in [-0.1, -0.05) is 41.9 Å². The van der Waals surface area contributed by atoms with Crippen LogP contribution in [0.4, 0.5) is 5.88 Å². The molecule has 1 N–H and O–H groups in total. The summed E-state index contributed by atoms with van der Waals surface area (Å²) in [5.41, 5.74) is 1.70. The number of likely N-dealkylation sites (tertiary alicyclic amines) is 1. The fraction of sp³-hybridized carbons (Fsp3) is 0.375. The van der Waals surface area contributed by atoms with Crippen molar-refractivity contribution < 1.29 is 9.32 Å². The van der Waals surface area contributed by atoms with Crippen LogP contribution in [0.3, 0.4) is 0 Å². The molecule has 1 aromatic heterocycles. The topological polar surface area (TPSA) is 58.4 Å². The number of carbonyl (C=O) groups is 1. The predicted octanol–water partition coefficient (Wildman–Crippen LogP) is 2.77. The molecular weight excluding hydrogens is 266 g/mol. The first-order valence-electron chi connectivity index (χ1n) is 7.35. The number of aromatic nitrogens is 1. The minimum absolute atomic E-state index is 0.0485. The molecule has 110 valence electrons. The fourth-order valence-corrected chi connectivity index (χ4v) is 2.58. The molecule has 0 unspecified atom stereocenters. The molecule has 2 heterocycles. The van der Waals surface area contributed by atoms with Crippen LogP contribution in [0.15, 0.2) is 40.9 Å². The van der Waals surface area contributed by atoms with E-state index in [9.17, 15) is 4.79 Å². The van der Waals surface area contributed by atoms with E-state index >= 15 is 0 Å². The Morgan fingerprint density at radius 2 is 1.95 bits per heavy atom. The molecule has 0 spiro atoms. The van der Waals surface area contributed by atoms with E-state index in [1.54, 1.807) is 6.07 Å². The maximum Gasteiger partial charge on any atom is 0.240 e. The standard InChI is InChI=1S/C16H19N3O2/c20-15(12-19-9-5-2-6-10-19)17-16-11-14(18-21-16)13-7-3-1-4-8-13/h1,3-4,7-8,11H,2,5-6,9-10,12H2,(H,17,20). The van der Waals surface area contributed by atoms with Crippen molar-refractivity contribution in [3.63, 3.8) is 0 Å². The molecule has 1 fully saturated rings. The molecule has 5 heteroatoms. The van der Waals surface area contributed by atoms with E-state index in [1.807, 2.05) is 30.3 Å². The van der Waals surface area contributed by atoms with Gasteiger partial charge in [-0.15, -0.1) is 0 Å². The molecule has 1 aliphatic rings. The van der Waals surface area contributed by atoms with Crippen molar-refractivity contribution in [2.45, 2.75) is 19.3 Å². The Hall–Kier alpha value is -2.14. The molecule has 1 aliphatic heterocycles. The van der Waals surface area contributed by atoms with E-state index < -0.39 is 0 Å². The highest BCUT2D eigenvalue weighted by Gasteiger charge is 2.15. The lowest BCUT2D eigenvalue weighted by atomic mass is 10.1. The third kappa shape index (κ3) is 3.70. The predicted molar refractivity (Wildman–Crippen MR) is 80.9 cm³/mol. The number of carbonyl (C=O) groups excluding carboxylic acids is 1. The third-order valence-electron chi connectivity index (χ3n) is 3.66. The zero-order valence-corrected chi connectivity index (χ0v) is 11.9. The quantitative estimate of drug-likeness (QED) is 0.938. The smallest absolute Gasteiger partial charge is 0.240 e. The number of benzene rings is 1. The van der Waals surface area contributed by atoms with Crippen LogP contribution in [0.1, 0.15) is 19.3 Å². The van der Waals surface area contributed by atoms with Gasteiger partial charge in [-0.05, 0) is 25.9 Å². The first kappa shape index (κ1) is 13.8. The maximum absolute atomic E-state index is 12.0. The Kier molecular flexibility index (Phi) is 4.31. The Labute approximate surface area is 123 Å². The number of amides is 1. The molecule has 0 bridgehead atoms. The van der Waals surface area contributed by atoms with Crippen LogP contribution < -0.4 is 5.32 Å². The van der Waals surface area contributed by atoms with E-state index in [-0.39, 0.29) is 5.91 Å². The van der Waals surface area contributed by atoms with Crippen LogP contribution in [0, 0.1) is 0 Å². The molecule has 5 nitrogen and oxygen atoms in total. The second-order valence-corrected chi connectivity index (χ2v) is 5.33. The van der Waals surface area contributed by atoms with Gasteiger partial charge < -0.3 is 4.52 Å². The average Bonchev–Trinajstić information content (AvgIpc) is 2.97. The molecule has 2 aromatic rings. The van der Waals surface area contributed by atoms with E-state index in [1.165, 1.54) is 19.3 Å². The average molecular weight is 285 g/mol. The SMILES string of the molecule is O=C(CN1CCCCC1)Nc1cc(-c2ccccc2)no1. The Bertz CT molecular complexity index is 589. The van der Waals surface area contributed by atoms with E-state index in [0.29, 0.717) is 12.4 Å². The Balaban J connectivity index is 1.58. The highest BCUT2D eigenvalue weighted by molar-refractivity contribution is 5.91. The van der Waals surface area contributed by atoms with Gasteiger partial charge in [0, 0.05) is 11.6 Å². The molecule has 0 aliphatic carbocycles. The Morgan fingerprint density at radius 1 is 1.19 bits per heavy atom. The molecule has 1 aromatic carbocycles. The normalized spacial score (nSPS) is 15.8. The summed E-state index contributed by atoms with van der Waals surface area (Å²) in [5, 5.41) is 6.75. The van der Waals surface area contributed by atoms with Gasteiger partial charge in [0.25, 0.3) is 0 Å². The molecule has 1 saturated heterocycles. The van der Waals surface area contributed by atoms with E-state index in [4.69, 9.17) is 4.52 Å². The summed E-state index contributed by atoms with van der Waals surface area (Å²) in [5.74, 6) is 0.350. The van der Waals surface area contributed by atoms with Crippen molar-refractivity contribution in [1.29, 1.82) is 0 Å². The lowest BCUT2D eigenvalue weighted by Gasteiger charge is -2.25. The Morgan fingerprint density at radius 3 is 2.71 bits per heavy atom. The molecule has 3 rings (SSSR count). The number of hydrogen-bond acceptors (Lipinski definition) is 4. The van der Waals surface area contributed by atoms with Crippen molar-refractivity contribution in [3.8, 4) is 11.3 Å². The maximum atomic E-state index is 12.0. The van der Waals surface area contributed by atoms with Crippen LogP contribution in [0.25, 0.3) is 11.3 Å². The minimum Gasteiger partial charge on any atom is -0.338 e. The zero-order chi connectivity index (χ0) is 14.5. The van der Waals surface area contributed by atoms with Gasteiger partial charge in [0.2, 0.25) is 11.8 Å². The molecular formula is C16H19N3O2. The van der Waals surface area contributed by atoms with Crippen LogP contribution in [-0.2, 0) is 4.79 Å². The highest BCUT2D eigenvalue weighted by Crippen LogP contribution is 2.21. The first-order chi connectivity index (χ1) is 10.3. The summed E-state index contributed by atoms with van der Waals surface area (Å²) in [6, 6.07) is 11.5. The highest BCUT2D eigenvalue weighted by atomic mass is 16.5. The van der Waals surface area contributed by atoms with Crippen molar-refractivity contribution in [2.75, 3.05) is 25.0 Å². The van der Waals surface area contributed by atoms with Crippen molar-refractivity contribution >= 4 is 11.8 Å². The third-order valence-corrected chi connectivity index (χ3v) is 3.66. The van der Waals surface area contributed by atoms with Gasteiger partial charge in [-0.2, -0.15) is 0 Å². The number of nitrogens with zero attached hydrogens (tertiary/aromatic N) is 2. The van der Waals surface area contributed by atoms with Gasteiger partial charge in [0.05, 0.1) is 6.54 Å². The largest absolute Gasteiger partial charge is 0.338 e. The monoisotopic (exact) mass is 285 g/mol. The summed E-state index contributed by atoms with van der Waals surface area (Å²) in [4.78, 5) is 14.2. The van der Waals surface area contributed by atoms with Crippen LogP contribution in [0.5, 0.6) is 0 Å². The van der Waals surface area contributed by atoms with E-state index in [2.05, 4.69) is 15.4 Å². The summed E-state index contributed by atoms with van der Waals surface area (Å²) in [7, 11) is 0. The van der Waals surface area contributed by atoms with Gasteiger partial charge in [0.15, 0.2) is 0 Å². The first-order valence-corrected chi connectivity index (χ1v) is 7.35. The molecule has 0 saturated carbocycles. The molecule has 21 heavy (non-hydrogen) atoms. The zero-order valence-electron chi connectivity index (χ0n) is 11.9. The summed E-state index contributed by atoms with van der Waals surface area (Å²) >= 11 is 0. The van der Waals surface area contributed by atoms with Crippen LogP contribution >= 0.6 is 0 Å². The lowest BCUT2D eigenvalue weighted by Crippen LogP contribution is -2.36. The van der Waals surface area contributed by atoms with Gasteiger partial charge >= 0.3 is 0 Å². The number of nitrogens with one attached hydrogen (secondary N) is 1. The van der Waals surface area contributed by atoms with Crippen LogP contribution in [0.2, 0.25) is 0 Å². The second kappa shape index (κ2) is 6.54. The van der Waals surface area contributed by atoms with E-state index in [0.717, 1.165) is 24.3 Å². The molecule has 0 radical (unpaired) electrons. The van der Waals surface area contributed by atoms with Crippen molar-refractivity contribution in [1.82, 2.24) is 10.1 Å². The molecule has 0 atom stereocenters. The van der Waals surface area contributed by atoms with Gasteiger partial charge in [0.1, 0.15) is 5.69 Å². The fourth-order valence-electron chi connectivity index (χ4n) is 2.58. The second-order valence-electron chi connectivity index (χ2n) is 5.33. The lowest BCUT2D eigenvalue weighted by molar-refractivity contribution is -0.117. The van der Waals surface area contributed by atoms with Crippen molar-refractivity contribution in [2.24, 2.45) is 0 Å². The number of hydrogen-bond donors (Lipinski definition) is 1. The summed E-state index contributed by atoms with van der Waals surface area (Å²) in [6.45, 7) is 2.42. The van der Waals surface area contributed by atoms with Crippen molar-refractivity contribution in [3.05, 3.63) is 36.4 Å². The van der Waals surface area contributed by atoms with Gasteiger partial charge in [-0.3, -0.25) is 15.0 Å². The summed E-state index contributed by atoms with van der Waals surface area (Å²) < 4.78 is 5.18. The van der Waals surface area contributed by atoms with Gasteiger partial charge in [-0.25, -0.2) is 0 Å².